The first kappa shape index (κ1) is 14.0. The van der Waals surface area contributed by atoms with E-state index in [0.29, 0.717) is 34.9 Å². The van der Waals surface area contributed by atoms with E-state index in [-0.39, 0.29) is 11.6 Å². The van der Waals surface area contributed by atoms with Gasteiger partial charge in [-0.2, -0.15) is 0 Å². The molecule has 3 aromatic rings. The normalized spacial score (nSPS) is 11.2. The van der Waals surface area contributed by atoms with Crippen molar-refractivity contribution < 1.29 is 8.78 Å². The molecule has 0 spiro atoms. The lowest BCUT2D eigenvalue weighted by Crippen LogP contribution is -2.05. The second-order valence-corrected chi connectivity index (χ2v) is 5.20. The lowest BCUT2D eigenvalue weighted by Gasteiger charge is -2.12. The topological polar surface area (TPSA) is 17.8 Å². The molecule has 1 heterocycles. The molecule has 2 aromatic carbocycles. The van der Waals surface area contributed by atoms with Crippen LogP contribution in [0.2, 0.25) is 0 Å². The molecule has 0 saturated carbocycles. The van der Waals surface area contributed by atoms with Crippen LogP contribution >= 0.6 is 11.6 Å². The molecule has 0 atom stereocenters. The van der Waals surface area contributed by atoms with Gasteiger partial charge in [0.2, 0.25) is 0 Å². The number of aromatic nitrogens is 2. The van der Waals surface area contributed by atoms with Crippen molar-refractivity contribution in [2.45, 2.75) is 13.3 Å². The summed E-state index contributed by atoms with van der Waals surface area (Å²) in [4.78, 5) is 4.43. The van der Waals surface area contributed by atoms with Crippen LogP contribution in [0.5, 0.6) is 0 Å². The molecule has 1 aromatic heterocycles. The van der Waals surface area contributed by atoms with E-state index in [1.807, 2.05) is 10.6 Å². The molecule has 0 unspecified atom stereocenters. The number of alkyl halides is 1. The molecule has 0 aliphatic carbocycles. The van der Waals surface area contributed by atoms with Gasteiger partial charge in [-0.05, 0) is 31.2 Å². The minimum Gasteiger partial charge on any atom is -0.296 e. The molecule has 0 saturated heterocycles. The van der Waals surface area contributed by atoms with E-state index in [1.165, 1.54) is 18.2 Å². The number of hydrogen-bond acceptors (Lipinski definition) is 1. The predicted octanol–water partition coefficient (Wildman–Crippen LogP) is 4.39. The number of halogens is 3. The zero-order chi connectivity index (χ0) is 15.0. The molecule has 0 N–H and O–H groups in total. The summed E-state index contributed by atoms with van der Waals surface area (Å²) in [6.45, 7) is 1.71. The fourth-order valence-electron chi connectivity index (χ4n) is 2.46. The lowest BCUT2D eigenvalue weighted by atomic mass is 10.1. The molecule has 0 aliphatic rings. The van der Waals surface area contributed by atoms with Gasteiger partial charge < -0.3 is 0 Å². The fraction of sp³-hybridized carbons (Fsp3) is 0.188. The number of imidazole rings is 1. The Hall–Kier alpha value is -1.94. The molecular formula is C16H13ClF2N2. The molecule has 0 fully saturated rings. The van der Waals surface area contributed by atoms with Crippen LogP contribution in [0, 0.1) is 18.6 Å². The molecule has 3 rings (SSSR count). The van der Waals surface area contributed by atoms with E-state index in [9.17, 15) is 8.78 Å². The number of nitrogens with zero attached hydrogens (tertiary/aromatic N) is 2. The third-order valence-electron chi connectivity index (χ3n) is 3.48. The van der Waals surface area contributed by atoms with Crippen molar-refractivity contribution in [2.24, 2.45) is 0 Å². The molecular weight excluding hydrogens is 294 g/mol. The Morgan fingerprint density at radius 1 is 1.19 bits per heavy atom. The molecule has 108 valence electrons. The van der Waals surface area contributed by atoms with Crippen LogP contribution in [0.4, 0.5) is 8.78 Å². The van der Waals surface area contributed by atoms with Gasteiger partial charge in [-0.15, -0.1) is 11.6 Å². The zero-order valence-corrected chi connectivity index (χ0v) is 12.2. The van der Waals surface area contributed by atoms with Gasteiger partial charge in [0, 0.05) is 23.9 Å². The number of benzene rings is 2. The van der Waals surface area contributed by atoms with Crippen LogP contribution in [0.3, 0.4) is 0 Å². The standard InChI is InChI=1S/C16H13ClF2N2/c1-10-12(19)3-2-4-14(10)21-15-6-5-11(18)9-13(15)20-16(21)7-8-17/h2-6,9H,7-8H2,1H3. The van der Waals surface area contributed by atoms with Crippen molar-refractivity contribution in [3.63, 3.8) is 0 Å². The average molecular weight is 307 g/mol. The Bertz CT molecular complexity index is 811. The maximum Gasteiger partial charge on any atom is 0.128 e. The SMILES string of the molecule is Cc1c(F)cccc1-n1c(CCCl)nc2cc(F)ccc21. The van der Waals surface area contributed by atoms with Crippen molar-refractivity contribution in [1.82, 2.24) is 9.55 Å². The highest BCUT2D eigenvalue weighted by atomic mass is 35.5. The summed E-state index contributed by atoms with van der Waals surface area (Å²) < 4.78 is 29.0. The van der Waals surface area contributed by atoms with E-state index < -0.39 is 0 Å². The van der Waals surface area contributed by atoms with Gasteiger partial charge in [0.1, 0.15) is 17.5 Å². The summed E-state index contributed by atoms with van der Waals surface area (Å²) in [5.41, 5.74) is 2.50. The average Bonchev–Trinajstić information content (AvgIpc) is 2.79. The first-order chi connectivity index (χ1) is 10.1. The van der Waals surface area contributed by atoms with Crippen LogP contribution in [-0.4, -0.2) is 15.4 Å². The number of rotatable bonds is 3. The van der Waals surface area contributed by atoms with Crippen molar-refractivity contribution in [1.29, 1.82) is 0 Å². The van der Waals surface area contributed by atoms with Crippen molar-refractivity contribution in [3.05, 3.63) is 59.4 Å². The second-order valence-electron chi connectivity index (χ2n) is 4.82. The first-order valence-corrected chi connectivity index (χ1v) is 7.13. The Morgan fingerprint density at radius 3 is 2.76 bits per heavy atom. The minimum absolute atomic E-state index is 0.284. The molecule has 0 aliphatic heterocycles. The third-order valence-corrected chi connectivity index (χ3v) is 3.67. The van der Waals surface area contributed by atoms with E-state index in [1.54, 1.807) is 19.1 Å². The number of hydrogen-bond donors (Lipinski definition) is 0. The van der Waals surface area contributed by atoms with Crippen molar-refractivity contribution >= 4 is 22.6 Å². The second kappa shape index (κ2) is 5.45. The predicted molar refractivity (Wildman–Crippen MR) is 80.1 cm³/mol. The Balaban J connectivity index is 2.33. The summed E-state index contributed by atoms with van der Waals surface area (Å²) in [6, 6.07) is 9.29. The largest absolute Gasteiger partial charge is 0.296 e. The summed E-state index contributed by atoms with van der Waals surface area (Å²) >= 11 is 5.82. The van der Waals surface area contributed by atoms with E-state index in [2.05, 4.69) is 4.98 Å². The van der Waals surface area contributed by atoms with Gasteiger partial charge in [0.15, 0.2) is 0 Å². The molecule has 0 radical (unpaired) electrons. The van der Waals surface area contributed by atoms with E-state index in [0.717, 1.165) is 5.52 Å². The van der Waals surface area contributed by atoms with Crippen LogP contribution in [-0.2, 0) is 6.42 Å². The summed E-state index contributed by atoms with van der Waals surface area (Å²) in [5, 5.41) is 0. The van der Waals surface area contributed by atoms with Gasteiger partial charge in [-0.25, -0.2) is 13.8 Å². The van der Waals surface area contributed by atoms with Gasteiger partial charge >= 0.3 is 0 Å². The summed E-state index contributed by atoms with van der Waals surface area (Å²) in [5.74, 6) is 0.452. The highest BCUT2D eigenvalue weighted by Gasteiger charge is 2.15. The highest BCUT2D eigenvalue weighted by molar-refractivity contribution is 6.17. The van der Waals surface area contributed by atoms with Crippen molar-refractivity contribution in [2.75, 3.05) is 5.88 Å². The Kier molecular flexibility index (Phi) is 3.64. The van der Waals surface area contributed by atoms with Crippen LogP contribution in [0.15, 0.2) is 36.4 Å². The van der Waals surface area contributed by atoms with Gasteiger partial charge in [-0.3, -0.25) is 4.57 Å². The molecule has 0 bridgehead atoms. The molecule has 0 amide bonds. The molecule has 2 nitrogen and oxygen atoms in total. The Labute approximate surface area is 126 Å². The maximum absolute atomic E-state index is 13.8. The zero-order valence-electron chi connectivity index (χ0n) is 11.4. The van der Waals surface area contributed by atoms with Gasteiger partial charge in [0.25, 0.3) is 0 Å². The minimum atomic E-state index is -0.347. The first-order valence-electron chi connectivity index (χ1n) is 6.60. The molecule has 21 heavy (non-hydrogen) atoms. The third kappa shape index (κ3) is 2.40. The maximum atomic E-state index is 13.8. The summed E-state index contributed by atoms with van der Waals surface area (Å²) in [6.07, 6.45) is 0.522. The van der Waals surface area contributed by atoms with Crippen LogP contribution < -0.4 is 0 Å². The van der Waals surface area contributed by atoms with Gasteiger partial charge in [0.05, 0.1) is 16.7 Å². The smallest absolute Gasteiger partial charge is 0.128 e. The van der Waals surface area contributed by atoms with Crippen molar-refractivity contribution in [3.8, 4) is 5.69 Å². The Morgan fingerprint density at radius 2 is 2.00 bits per heavy atom. The monoisotopic (exact) mass is 306 g/mol. The van der Waals surface area contributed by atoms with Gasteiger partial charge in [-0.1, -0.05) is 6.07 Å². The van der Waals surface area contributed by atoms with Crippen LogP contribution in [0.25, 0.3) is 16.7 Å². The van der Waals surface area contributed by atoms with Crippen LogP contribution in [0.1, 0.15) is 11.4 Å². The fourth-order valence-corrected chi connectivity index (χ4v) is 2.63. The quantitative estimate of drug-likeness (QED) is 0.656. The number of fused-ring (bicyclic) bond motifs is 1. The lowest BCUT2D eigenvalue weighted by molar-refractivity contribution is 0.616. The summed E-state index contributed by atoms with van der Waals surface area (Å²) in [7, 11) is 0. The van der Waals surface area contributed by atoms with E-state index >= 15 is 0 Å². The molecule has 5 heteroatoms. The van der Waals surface area contributed by atoms with E-state index in [4.69, 9.17) is 11.6 Å². The highest BCUT2D eigenvalue weighted by Crippen LogP contribution is 2.26. The number of aryl methyl sites for hydroxylation is 1.